The largest absolute Gasteiger partial charge is 0.293 e. The molecule has 0 fully saturated rings. The van der Waals surface area contributed by atoms with Gasteiger partial charge in [-0.25, -0.2) is 0 Å². The smallest absolute Gasteiger partial charge is 0.171 e. The predicted octanol–water partition coefficient (Wildman–Crippen LogP) is 3.17. The fraction of sp³-hybridized carbons (Fsp3) is 0.200. The first-order chi connectivity index (χ1) is 8.29. The second-order valence-electron chi connectivity index (χ2n) is 4.50. The lowest BCUT2D eigenvalue weighted by Crippen LogP contribution is -2.09. The van der Waals surface area contributed by atoms with Crippen LogP contribution in [0.2, 0.25) is 0 Å². The number of Topliss-reactive ketones (excluding diaryl/α,β-unsaturated/α-hetero) is 1. The Morgan fingerprint density at radius 2 is 1.94 bits per heavy atom. The molecule has 0 spiro atoms. The van der Waals surface area contributed by atoms with Crippen molar-refractivity contribution in [1.29, 1.82) is 0 Å². The summed E-state index contributed by atoms with van der Waals surface area (Å²) in [6, 6.07) is 11.8. The highest BCUT2D eigenvalue weighted by atomic mass is 16.1. The van der Waals surface area contributed by atoms with Gasteiger partial charge in [-0.1, -0.05) is 37.3 Å². The third kappa shape index (κ3) is 1.48. The van der Waals surface area contributed by atoms with Gasteiger partial charge in [0.1, 0.15) is 0 Å². The van der Waals surface area contributed by atoms with E-state index in [4.69, 9.17) is 0 Å². The van der Waals surface area contributed by atoms with Gasteiger partial charge in [-0.3, -0.25) is 9.78 Å². The number of pyridine rings is 1. The van der Waals surface area contributed by atoms with E-state index in [2.05, 4.69) is 11.9 Å². The molecule has 0 radical (unpaired) electrons. The highest BCUT2D eigenvalue weighted by Gasteiger charge is 2.37. The minimum Gasteiger partial charge on any atom is -0.293 e. The van der Waals surface area contributed by atoms with Crippen molar-refractivity contribution in [3.63, 3.8) is 0 Å². The molecule has 2 heteroatoms. The molecule has 84 valence electrons. The first-order valence-corrected chi connectivity index (χ1v) is 5.82. The van der Waals surface area contributed by atoms with Crippen LogP contribution in [0.25, 0.3) is 0 Å². The zero-order chi connectivity index (χ0) is 11.8. The van der Waals surface area contributed by atoms with Crippen LogP contribution in [0, 0.1) is 0 Å². The van der Waals surface area contributed by atoms with E-state index in [1.54, 1.807) is 12.4 Å². The van der Waals surface area contributed by atoms with E-state index in [-0.39, 0.29) is 17.6 Å². The molecule has 0 N–H and O–H groups in total. The second-order valence-corrected chi connectivity index (χ2v) is 4.50. The van der Waals surface area contributed by atoms with Crippen LogP contribution in [0.15, 0.2) is 48.8 Å². The molecule has 2 aromatic rings. The predicted molar refractivity (Wildman–Crippen MR) is 66.2 cm³/mol. The summed E-state index contributed by atoms with van der Waals surface area (Å²) in [5, 5.41) is 0. The molecule has 0 unspecified atom stereocenters. The highest BCUT2D eigenvalue weighted by molar-refractivity contribution is 6.06. The minimum atomic E-state index is -0.0684. The molecule has 1 aliphatic rings. The SMILES string of the molecule is C[C@@H]1c2ccccc2C(=O)[C@@H]1c1cccnc1. The van der Waals surface area contributed by atoms with Crippen molar-refractivity contribution in [2.24, 2.45) is 0 Å². The van der Waals surface area contributed by atoms with Gasteiger partial charge in [-0.2, -0.15) is 0 Å². The van der Waals surface area contributed by atoms with Crippen LogP contribution in [0.3, 0.4) is 0 Å². The van der Waals surface area contributed by atoms with Gasteiger partial charge < -0.3 is 0 Å². The van der Waals surface area contributed by atoms with Gasteiger partial charge >= 0.3 is 0 Å². The van der Waals surface area contributed by atoms with E-state index in [1.807, 2.05) is 36.4 Å². The normalized spacial score (nSPS) is 22.5. The summed E-state index contributed by atoms with van der Waals surface area (Å²) in [5.74, 6) is 0.394. The molecular formula is C15H13NO. The average Bonchev–Trinajstić information content (AvgIpc) is 2.64. The van der Waals surface area contributed by atoms with Gasteiger partial charge in [0.2, 0.25) is 0 Å². The van der Waals surface area contributed by atoms with Crippen LogP contribution < -0.4 is 0 Å². The Balaban J connectivity index is 2.10. The molecule has 1 aromatic heterocycles. The van der Waals surface area contributed by atoms with Crippen LogP contribution in [0.1, 0.15) is 40.2 Å². The molecule has 0 saturated heterocycles. The number of fused-ring (bicyclic) bond motifs is 1. The molecule has 0 aliphatic heterocycles. The van der Waals surface area contributed by atoms with Crippen molar-refractivity contribution in [1.82, 2.24) is 4.98 Å². The summed E-state index contributed by atoms with van der Waals surface area (Å²) < 4.78 is 0. The van der Waals surface area contributed by atoms with Crippen LogP contribution >= 0.6 is 0 Å². The van der Waals surface area contributed by atoms with Crippen LogP contribution in [0.4, 0.5) is 0 Å². The maximum Gasteiger partial charge on any atom is 0.171 e. The van der Waals surface area contributed by atoms with Gasteiger partial charge in [-0.05, 0) is 23.1 Å². The number of aromatic nitrogens is 1. The van der Waals surface area contributed by atoms with E-state index in [9.17, 15) is 4.79 Å². The number of carbonyl (C=O) groups excluding carboxylic acids is 1. The molecule has 2 nitrogen and oxygen atoms in total. The number of hydrogen-bond donors (Lipinski definition) is 0. The number of nitrogens with zero attached hydrogens (tertiary/aromatic N) is 1. The molecular weight excluding hydrogens is 210 g/mol. The number of benzene rings is 1. The zero-order valence-corrected chi connectivity index (χ0v) is 9.63. The Kier molecular flexibility index (Phi) is 2.29. The van der Waals surface area contributed by atoms with Gasteiger partial charge in [0.15, 0.2) is 5.78 Å². The monoisotopic (exact) mass is 223 g/mol. The maximum atomic E-state index is 12.4. The van der Waals surface area contributed by atoms with Crippen molar-refractivity contribution in [2.75, 3.05) is 0 Å². The van der Waals surface area contributed by atoms with E-state index in [0.717, 1.165) is 16.7 Å². The van der Waals surface area contributed by atoms with Crippen LogP contribution in [0.5, 0.6) is 0 Å². The molecule has 1 aliphatic carbocycles. The van der Waals surface area contributed by atoms with Gasteiger partial charge in [0.25, 0.3) is 0 Å². The summed E-state index contributed by atoms with van der Waals surface area (Å²) in [6.45, 7) is 2.11. The molecule has 1 aromatic carbocycles. The molecule has 17 heavy (non-hydrogen) atoms. The Morgan fingerprint density at radius 1 is 1.12 bits per heavy atom. The lowest BCUT2D eigenvalue weighted by molar-refractivity contribution is 0.0966. The summed E-state index contributed by atoms with van der Waals surface area (Å²) in [7, 11) is 0. The first kappa shape index (κ1) is 10.2. The zero-order valence-electron chi connectivity index (χ0n) is 9.63. The standard InChI is InChI=1S/C15H13NO/c1-10-12-6-2-3-7-13(12)15(17)14(10)11-5-4-8-16-9-11/h2-10,14H,1H3/t10-,14+/m1/s1. The summed E-state index contributed by atoms with van der Waals surface area (Å²) in [6.07, 6.45) is 3.53. The van der Waals surface area contributed by atoms with Crippen molar-refractivity contribution in [3.05, 3.63) is 65.5 Å². The molecule has 1 heterocycles. The topological polar surface area (TPSA) is 30.0 Å². The quantitative estimate of drug-likeness (QED) is 0.743. The van der Waals surface area contributed by atoms with Crippen molar-refractivity contribution >= 4 is 5.78 Å². The third-order valence-corrected chi connectivity index (χ3v) is 3.54. The van der Waals surface area contributed by atoms with E-state index in [1.165, 1.54) is 0 Å². The van der Waals surface area contributed by atoms with E-state index < -0.39 is 0 Å². The summed E-state index contributed by atoms with van der Waals surface area (Å²) in [4.78, 5) is 16.5. The van der Waals surface area contributed by atoms with Crippen molar-refractivity contribution < 1.29 is 4.79 Å². The van der Waals surface area contributed by atoms with Crippen molar-refractivity contribution in [3.8, 4) is 0 Å². The molecule has 0 bridgehead atoms. The Bertz CT molecular complexity index is 562. The summed E-state index contributed by atoms with van der Waals surface area (Å²) >= 11 is 0. The van der Waals surface area contributed by atoms with Gasteiger partial charge in [-0.15, -0.1) is 0 Å². The van der Waals surface area contributed by atoms with Crippen LogP contribution in [-0.2, 0) is 0 Å². The number of rotatable bonds is 1. The number of ketones is 1. The van der Waals surface area contributed by atoms with Crippen LogP contribution in [-0.4, -0.2) is 10.8 Å². The average molecular weight is 223 g/mol. The molecule has 3 rings (SSSR count). The second kappa shape index (κ2) is 3.81. The van der Waals surface area contributed by atoms with Crippen molar-refractivity contribution in [2.45, 2.75) is 18.8 Å². The first-order valence-electron chi connectivity index (χ1n) is 5.82. The molecule has 0 saturated carbocycles. The fourth-order valence-corrected chi connectivity index (χ4v) is 2.69. The molecule has 2 atom stereocenters. The minimum absolute atomic E-state index is 0.0684. The van der Waals surface area contributed by atoms with Gasteiger partial charge in [0.05, 0.1) is 5.92 Å². The maximum absolute atomic E-state index is 12.4. The Labute approximate surface area is 100 Å². The Morgan fingerprint density at radius 3 is 2.65 bits per heavy atom. The third-order valence-electron chi connectivity index (χ3n) is 3.54. The van der Waals surface area contributed by atoms with E-state index >= 15 is 0 Å². The number of hydrogen-bond acceptors (Lipinski definition) is 2. The lowest BCUT2D eigenvalue weighted by atomic mass is 9.88. The van der Waals surface area contributed by atoms with Gasteiger partial charge in [0, 0.05) is 18.0 Å². The molecule has 0 amide bonds. The summed E-state index contributed by atoms with van der Waals surface area (Å²) in [5.41, 5.74) is 3.04. The number of carbonyl (C=O) groups is 1. The fourth-order valence-electron chi connectivity index (χ4n) is 2.69. The van der Waals surface area contributed by atoms with E-state index in [0.29, 0.717) is 0 Å². The lowest BCUT2D eigenvalue weighted by Gasteiger charge is -2.14. The Hall–Kier alpha value is -1.96. The highest BCUT2D eigenvalue weighted by Crippen LogP contribution is 2.43.